The summed E-state index contributed by atoms with van der Waals surface area (Å²) >= 11 is 15.7. The van der Waals surface area contributed by atoms with E-state index >= 15 is 0 Å². The molecule has 0 aromatic heterocycles. The van der Waals surface area contributed by atoms with Gasteiger partial charge in [-0.1, -0.05) is 23.2 Å². The number of methoxy groups -OCH3 is 1. The lowest BCUT2D eigenvalue weighted by Gasteiger charge is -2.05. The summed E-state index contributed by atoms with van der Waals surface area (Å²) in [5.41, 5.74) is 0. The molecule has 0 atom stereocenters. The van der Waals surface area contributed by atoms with Gasteiger partial charge in [0.2, 0.25) is 0 Å². The third-order valence-corrected chi connectivity index (χ3v) is 2.41. The zero-order valence-electron chi connectivity index (χ0n) is 5.77. The molecular weight excluding hydrogens is 203 g/mol. The van der Waals surface area contributed by atoms with Crippen LogP contribution in [0.2, 0.25) is 10.0 Å². The normalized spacial score (nSPS) is 9.82. The minimum absolute atomic E-state index is 0.448. The average molecular weight is 209 g/mol. The summed E-state index contributed by atoms with van der Waals surface area (Å²) in [5.74, 6) is 0.473. The first-order chi connectivity index (χ1) is 5.16. The summed E-state index contributed by atoms with van der Waals surface area (Å²) < 4.78 is 4.94. The Balaban J connectivity index is 3.29. The number of rotatable bonds is 1. The van der Waals surface area contributed by atoms with Crippen molar-refractivity contribution in [3.63, 3.8) is 0 Å². The average Bonchev–Trinajstić information content (AvgIpc) is 1.99. The molecule has 0 aliphatic carbocycles. The molecule has 0 aliphatic heterocycles. The van der Waals surface area contributed by atoms with Crippen LogP contribution in [0.3, 0.4) is 0 Å². The number of hydrogen-bond acceptors (Lipinski definition) is 2. The second-order valence-corrected chi connectivity index (χ2v) is 3.18. The van der Waals surface area contributed by atoms with Crippen LogP contribution in [-0.2, 0) is 0 Å². The molecule has 0 spiro atoms. The van der Waals surface area contributed by atoms with Crippen molar-refractivity contribution in [2.45, 2.75) is 4.90 Å². The molecule has 0 unspecified atom stereocenters. The summed E-state index contributed by atoms with van der Waals surface area (Å²) in [4.78, 5) is 0.660. The molecule has 1 aromatic rings. The first-order valence-electron chi connectivity index (χ1n) is 2.87. The Kier molecular flexibility index (Phi) is 2.93. The van der Waals surface area contributed by atoms with E-state index in [4.69, 9.17) is 27.9 Å². The Bertz CT molecular complexity index is 275. The van der Waals surface area contributed by atoms with Crippen molar-refractivity contribution in [1.29, 1.82) is 0 Å². The van der Waals surface area contributed by atoms with Gasteiger partial charge in [-0.2, -0.15) is 0 Å². The second-order valence-electron chi connectivity index (χ2n) is 1.91. The monoisotopic (exact) mass is 208 g/mol. The summed E-state index contributed by atoms with van der Waals surface area (Å²) in [6.07, 6.45) is 0. The Labute approximate surface area is 80.7 Å². The Morgan fingerprint density at radius 1 is 1.36 bits per heavy atom. The summed E-state index contributed by atoms with van der Waals surface area (Å²) in [5, 5.41) is 0.943. The zero-order valence-corrected chi connectivity index (χ0v) is 8.17. The Morgan fingerprint density at radius 2 is 2.00 bits per heavy atom. The summed E-state index contributed by atoms with van der Waals surface area (Å²) in [6, 6.07) is 3.41. The molecule has 60 valence electrons. The smallest absolute Gasteiger partial charge is 0.157 e. The Hall–Kier alpha value is -0.0500. The third-order valence-electron chi connectivity index (χ3n) is 1.23. The van der Waals surface area contributed by atoms with Crippen molar-refractivity contribution in [2.75, 3.05) is 7.11 Å². The molecule has 0 fully saturated rings. The van der Waals surface area contributed by atoms with Crippen LogP contribution in [0.15, 0.2) is 17.0 Å². The minimum Gasteiger partial charge on any atom is -0.494 e. The van der Waals surface area contributed by atoms with Gasteiger partial charge >= 0.3 is 0 Å². The van der Waals surface area contributed by atoms with Crippen molar-refractivity contribution in [1.82, 2.24) is 0 Å². The van der Waals surface area contributed by atoms with Crippen molar-refractivity contribution in [3.05, 3.63) is 22.2 Å². The molecule has 0 heterocycles. The molecule has 11 heavy (non-hydrogen) atoms. The van der Waals surface area contributed by atoms with Gasteiger partial charge in [-0.3, -0.25) is 0 Å². The van der Waals surface area contributed by atoms with Gasteiger partial charge in [0.15, 0.2) is 5.75 Å². The van der Waals surface area contributed by atoms with Gasteiger partial charge in [0, 0.05) is 4.90 Å². The van der Waals surface area contributed by atoms with E-state index in [2.05, 4.69) is 12.6 Å². The highest BCUT2D eigenvalue weighted by Gasteiger charge is 2.07. The van der Waals surface area contributed by atoms with Crippen LogP contribution in [0.1, 0.15) is 0 Å². The van der Waals surface area contributed by atoms with Gasteiger partial charge in [0.1, 0.15) is 0 Å². The number of ether oxygens (including phenoxy) is 1. The lowest BCUT2D eigenvalue weighted by atomic mass is 10.3. The van der Waals surface area contributed by atoms with Crippen LogP contribution in [0.4, 0.5) is 0 Å². The van der Waals surface area contributed by atoms with E-state index < -0.39 is 0 Å². The van der Waals surface area contributed by atoms with E-state index in [1.165, 1.54) is 7.11 Å². The predicted octanol–water partition coefficient (Wildman–Crippen LogP) is 3.29. The van der Waals surface area contributed by atoms with Crippen molar-refractivity contribution in [2.24, 2.45) is 0 Å². The molecule has 0 aliphatic rings. The van der Waals surface area contributed by atoms with Crippen LogP contribution in [0.5, 0.6) is 5.75 Å². The van der Waals surface area contributed by atoms with Crippen molar-refractivity contribution >= 4 is 35.8 Å². The molecular formula is C7H6Cl2OS. The highest BCUT2D eigenvalue weighted by Crippen LogP contribution is 2.36. The van der Waals surface area contributed by atoms with E-state index in [0.29, 0.717) is 20.7 Å². The maximum atomic E-state index is 5.81. The standard InChI is InChI=1S/C7H6Cl2OS/c1-10-7-4(8)2-3-5(11)6(7)9/h2-3,11H,1H3. The molecule has 0 amide bonds. The highest BCUT2D eigenvalue weighted by atomic mass is 35.5. The van der Waals surface area contributed by atoms with Gasteiger partial charge in [-0.15, -0.1) is 12.6 Å². The van der Waals surface area contributed by atoms with Crippen molar-refractivity contribution in [3.8, 4) is 5.75 Å². The summed E-state index contributed by atoms with van der Waals surface area (Å²) in [6.45, 7) is 0. The molecule has 0 N–H and O–H groups in total. The first kappa shape index (κ1) is 9.04. The molecule has 1 nitrogen and oxygen atoms in total. The van der Waals surface area contributed by atoms with E-state index in [0.717, 1.165) is 0 Å². The molecule has 0 bridgehead atoms. The highest BCUT2D eigenvalue weighted by molar-refractivity contribution is 7.80. The molecule has 0 radical (unpaired) electrons. The predicted molar refractivity (Wildman–Crippen MR) is 50.3 cm³/mol. The largest absolute Gasteiger partial charge is 0.494 e. The fraction of sp³-hybridized carbons (Fsp3) is 0.143. The molecule has 0 saturated carbocycles. The molecule has 1 aromatic carbocycles. The minimum atomic E-state index is 0.448. The lowest BCUT2D eigenvalue weighted by Crippen LogP contribution is -1.85. The zero-order chi connectivity index (χ0) is 8.43. The van der Waals surface area contributed by atoms with Crippen LogP contribution in [0, 0.1) is 0 Å². The van der Waals surface area contributed by atoms with Crippen LogP contribution >= 0.6 is 35.8 Å². The molecule has 4 heteroatoms. The van der Waals surface area contributed by atoms with Gasteiger partial charge in [-0.05, 0) is 12.1 Å². The van der Waals surface area contributed by atoms with Gasteiger partial charge in [0.05, 0.1) is 17.2 Å². The van der Waals surface area contributed by atoms with Gasteiger partial charge < -0.3 is 4.74 Å². The molecule has 0 saturated heterocycles. The quantitative estimate of drug-likeness (QED) is 0.698. The maximum Gasteiger partial charge on any atom is 0.157 e. The SMILES string of the molecule is COc1c(Cl)ccc(S)c1Cl. The second kappa shape index (κ2) is 3.57. The number of halogens is 2. The van der Waals surface area contributed by atoms with E-state index in [1.807, 2.05) is 0 Å². The fourth-order valence-corrected chi connectivity index (χ4v) is 1.41. The van der Waals surface area contributed by atoms with Crippen molar-refractivity contribution < 1.29 is 4.74 Å². The number of hydrogen-bond donors (Lipinski definition) is 1. The topological polar surface area (TPSA) is 9.23 Å². The third kappa shape index (κ3) is 1.75. The fourth-order valence-electron chi connectivity index (χ4n) is 0.709. The van der Waals surface area contributed by atoms with Gasteiger partial charge in [-0.25, -0.2) is 0 Å². The van der Waals surface area contributed by atoms with E-state index in [9.17, 15) is 0 Å². The first-order valence-corrected chi connectivity index (χ1v) is 4.08. The van der Waals surface area contributed by atoms with Crippen LogP contribution in [0.25, 0.3) is 0 Å². The number of thiol groups is 1. The number of benzene rings is 1. The lowest BCUT2D eigenvalue weighted by molar-refractivity contribution is 0.414. The molecule has 1 rings (SSSR count). The van der Waals surface area contributed by atoms with Crippen LogP contribution < -0.4 is 4.74 Å². The van der Waals surface area contributed by atoms with E-state index in [-0.39, 0.29) is 0 Å². The van der Waals surface area contributed by atoms with E-state index in [1.54, 1.807) is 12.1 Å². The van der Waals surface area contributed by atoms with Crippen LogP contribution in [-0.4, -0.2) is 7.11 Å². The maximum absolute atomic E-state index is 5.81. The summed E-state index contributed by atoms with van der Waals surface area (Å²) in [7, 11) is 1.51. The van der Waals surface area contributed by atoms with Gasteiger partial charge in [0.25, 0.3) is 0 Å². The Morgan fingerprint density at radius 3 is 2.45 bits per heavy atom.